The lowest BCUT2D eigenvalue weighted by Crippen LogP contribution is -2.27. The second-order valence-electron chi connectivity index (χ2n) is 6.60. The fourth-order valence-electron chi connectivity index (χ4n) is 2.59. The quantitative estimate of drug-likeness (QED) is 0.594. The van der Waals surface area contributed by atoms with E-state index in [2.05, 4.69) is 57.3 Å². The van der Waals surface area contributed by atoms with Crippen molar-refractivity contribution in [1.82, 2.24) is 5.32 Å². The number of aryl methyl sites for hydroxylation is 1. The van der Waals surface area contributed by atoms with Crippen LogP contribution in [0.15, 0.2) is 24.3 Å². The molecular formula is C19H33N. The Morgan fingerprint density at radius 2 is 1.70 bits per heavy atom. The van der Waals surface area contributed by atoms with E-state index in [4.69, 9.17) is 0 Å². The zero-order valence-corrected chi connectivity index (χ0v) is 13.9. The maximum absolute atomic E-state index is 3.64. The summed E-state index contributed by atoms with van der Waals surface area (Å²) in [6.07, 6.45) is 6.63. The Morgan fingerprint density at radius 3 is 2.30 bits per heavy atom. The normalized spacial score (nSPS) is 12.8. The van der Waals surface area contributed by atoms with Crippen LogP contribution in [-0.4, -0.2) is 13.1 Å². The van der Waals surface area contributed by atoms with Crippen LogP contribution in [-0.2, 0) is 6.42 Å². The summed E-state index contributed by atoms with van der Waals surface area (Å²) in [5.74, 6) is 1.52. The van der Waals surface area contributed by atoms with E-state index in [9.17, 15) is 0 Å². The molecule has 1 aromatic rings. The van der Waals surface area contributed by atoms with Gasteiger partial charge in [-0.05, 0) is 50.3 Å². The highest BCUT2D eigenvalue weighted by Gasteiger charge is 2.09. The minimum Gasteiger partial charge on any atom is -0.316 e. The van der Waals surface area contributed by atoms with Crippen LogP contribution in [0.4, 0.5) is 0 Å². The molecule has 0 aliphatic heterocycles. The van der Waals surface area contributed by atoms with Gasteiger partial charge >= 0.3 is 0 Å². The van der Waals surface area contributed by atoms with Gasteiger partial charge in [-0.1, -0.05) is 69.9 Å². The van der Waals surface area contributed by atoms with Crippen LogP contribution in [0, 0.1) is 18.8 Å². The number of hydrogen-bond acceptors (Lipinski definition) is 1. The molecule has 1 unspecified atom stereocenters. The van der Waals surface area contributed by atoms with Gasteiger partial charge in [-0.25, -0.2) is 0 Å². The Kier molecular flexibility index (Phi) is 8.60. The van der Waals surface area contributed by atoms with Gasteiger partial charge in [0.15, 0.2) is 0 Å². The van der Waals surface area contributed by atoms with Crippen molar-refractivity contribution in [3.8, 4) is 0 Å². The summed E-state index contributed by atoms with van der Waals surface area (Å²) in [4.78, 5) is 0. The standard InChI is InChI=1S/C19H33N/c1-5-6-7-8-19(15-20-14-16(2)3)13-18-11-9-17(4)10-12-18/h9-12,16,19-20H,5-8,13-15H2,1-4H3. The van der Waals surface area contributed by atoms with Gasteiger partial charge in [0.1, 0.15) is 0 Å². The molecule has 0 bridgehead atoms. The van der Waals surface area contributed by atoms with Crippen LogP contribution in [0.2, 0.25) is 0 Å². The van der Waals surface area contributed by atoms with E-state index in [-0.39, 0.29) is 0 Å². The first kappa shape index (κ1) is 17.2. The highest BCUT2D eigenvalue weighted by Crippen LogP contribution is 2.16. The van der Waals surface area contributed by atoms with Crippen LogP contribution < -0.4 is 5.32 Å². The minimum atomic E-state index is 0.741. The molecule has 0 saturated carbocycles. The molecule has 1 nitrogen and oxygen atoms in total. The monoisotopic (exact) mass is 275 g/mol. The Balaban J connectivity index is 2.45. The van der Waals surface area contributed by atoms with Crippen LogP contribution in [0.5, 0.6) is 0 Å². The van der Waals surface area contributed by atoms with Gasteiger partial charge in [0.05, 0.1) is 0 Å². The van der Waals surface area contributed by atoms with Crippen LogP contribution in [0.25, 0.3) is 0 Å². The maximum atomic E-state index is 3.64. The summed E-state index contributed by atoms with van der Waals surface area (Å²) in [5, 5.41) is 3.64. The molecule has 0 aliphatic carbocycles. The Hall–Kier alpha value is -0.820. The molecule has 1 atom stereocenters. The number of unbranched alkanes of at least 4 members (excludes halogenated alkanes) is 2. The van der Waals surface area contributed by atoms with E-state index in [1.54, 1.807) is 0 Å². The van der Waals surface area contributed by atoms with E-state index in [1.807, 2.05) is 0 Å². The summed E-state index contributed by atoms with van der Waals surface area (Å²) in [5.41, 5.74) is 2.85. The molecule has 0 amide bonds. The molecular weight excluding hydrogens is 242 g/mol. The zero-order valence-electron chi connectivity index (χ0n) is 13.9. The molecule has 20 heavy (non-hydrogen) atoms. The molecule has 0 radical (unpaired) electrons. The van der Waals surface area contributed by atoms with Crippen LogP contribution in [0.3, 0.4) is 0 Å². The van der Waals surface area contributed by atoms with Crippen molar-refractivity contribution in [3.05, 3.63) is 35.4 Å². The molecule has 0 saturated heterocycles. The van der Waals surface area contributed by atoms with Gasteiger partial charge < -0.3 is 5.32 Å². The number of benzene rings is 1. The van der Waals surface area contributed by atoms with Crippen molar-refractivity contribution >= 4 is 0 Å². The largest absolute Gasteiger partial charge is 0.316 e. The molecule has 0 aliphatic rings. The average molecular weight is 275 g/mol. The third kappa shape index (κ3) is 7.69. The zero-order chi connectivity index (χ0) is 14.8. The Labute approximate surface area is 126 Å². The van der Waals surface area contributed by atoms with E-state index >= 15 is 0 Å². The summed E-state index contributed by atoms with van der Waals surface area (Å²) in [6, 6.07) is 9.06. The van der Waals surface area contributed by atoms with Crippen molar-refractivity contribution in [1.29, 1.82) is 0 Å². The van der Waals surface area contributed by atoms with Crippen molar-refractivity contribution in [2.24, 2.45) is 11.8 Å². The molecule has 114 valence electrons. The first-order chi connectivity index (χ1) is 9.61. The Morgan fingerprint density at radius 1 is 1.00 bits per heavy atom. The van der Waals surface area contributed by atoms with Crippen LogP contribution in [0.1, 0.15) is 57.6 Å². The lowest BCUT2D eigenvalue weighted by atomic mass is 9.93. The van der Waals surface area contributed by atoms with Crippen molar-refractivity contribution in [2.45, 2.75) is 59.8 Å². The molecule has 0 aromatic heterocycles. The highest BCUT2D eigenvalue weighted by molar-refractivity contribution is 5.21. The molecule has 0 spiro atoms. The summed E-state index contributed by atoms with van der Waals surface area (Å²) in [6.45, 7) is 11.3. The van der Waals surface area contributed by atoms with Gasteiger partial charge in [-0.3, -0.25) is 0 Å². The van der Waals surface area contributed by atoms with Gasteiger partial charge in [0.2, 0.25) is 0 Å². The SMILES string of the molecule is CCCCCC(CNCC(C)C)Cc1ccc(C)cc1. The van der Waals surface area contributed by atoms with Gasteiger partial charge in [-0.2, -0.15) is 0 Å². The highest BCUT2D eigenvalue weighted by atomic mass is 14.9. The van der Waals surface area contributed by atoms with Crippen molar-refractivity contribution in [2.75, 3.05) is 13.1 Å². The van der Waals surface area contributed by atoms with E-state index in [0.29, 0.717) is 0 Å². The molecule has 0 fully saturated rings. The molecule has 1 aromatic carbocycles. The first-order valence-corrected chi connectivity index (χ1v) is 8.38. The minimum absolute atomic E-state index is 0.741. The first-order valence-electron chi connectivity index (χ1n) is 8.38. The van der Waals surface area contributed by atoms with Crippen molar-refractivity contribution < 1.29 is 0 Å². The predicted octanol–water partition coefficient (Wildman–Crippen LogP) is 4.98. The van der Waals surface area contributed by atoms with Crippen LogP contribution >= 0.6 is 0 Å². The summed E-state index contributed by atoms with van der Waals surface area (Å²) >= 11 is 0. The van der Waals surface area contributed by atoms with Gasteiger partial charge in [0.25, 0.3) is 0 Å². The molecule has 1 rings (SSSR count). The van der Waals surface area contributed by atoms with E-state index in [0.717, 1.165) is 24.9 Å². The second-order valence-corrected chi connectivity index (χ2v) is 6.60. The number of hydrogen-bond donors (Lipinski definition) is 1. The molecule has 1 N–H and O–H groups in total. The fourth-order valence-corrected chi connectivity index (χ4v) is 2.59. The van der Waals surface area contributed by atoms with E-state index < -0.39 is 0 Å². The predicted molar refractivity (Wildman–Crippen MR) is 90.2 cm³/mol. The molecule has 0 heterocycles. The third-order valence-electron chi connectivity index (χ3n) is 3.85. The number of nitrogens with one attached hydrogen (secondary N) is 1. The number of rotatable bonds is 10. The lowest BCUT2D eigenvalue weighted by molar-refractivity contribution is 0.409. The lowest BCUT2D eigenvalue weighted by Gasteiger charge is -2.19. The van der Waals surface area contributed by atoms with E-state index in [1.165, 1.54) is 43.2 Å². The average Bonchev–Trinajstić information content (AvgIpc) is 2.41. The summed E-state index contributed by atoms with van der Waals surface area (Å²) < 4.78 is 0. The molecule has 1 heteroatoms. The summed E-state index contributed by atoms with van der Waals surface area (Å²) in [7, 11) is 0. The second kappa shape index (κ2) is 9.99. The van der Waals surface area contributed by atoms with Gasteiger partial charge in [0, 0.05) is 0 Å². The maximum Gasteiger partial charge on any atom is -0.00172 e. The van der Waals surface area contributed by atoms with Gasteiger partial charge in [-0.15, -0.1) is 0 Å². The smallest absolute Gasteiger partial charge is 0.00172 e. The van der Waals surface area contributed by atoms with Crippen molar-refractivity contribution in [3.63, 3.8) is 0 Å². The third-order valence-corrected chi connectivity index (χ3v) is 3.85. The fraction of sp³-hybridized carbons (Fsp3) is 0.684. The topological polar surface area (TPSA) is 12.0 Å². The Bertz CT molecular complexity index is 339.